The van der Waals surface area contributed by atoms with Crippen LogP contribution < -0.4 is 0 Å². The van der Waals surface area contributed by atoms with E-state index < -0.39 is 5.23 Å². The molecule has 0 rings (SSSR count). The van der Waals surface area contributed by atoms with Gasteiger partial charge in [0, 0.05) is 0 Å². The second-order valence-corrected chi connectivity index (χ2v) is 15.8. The molecule has 18 heavy (non-hydrogen) atoms. The van der Waals surface area contributed by atoms with Crippen LogP contribution in [-0.2, 0) is 0 Å². The Labute approximate surface area is 125 Å². The van der Waals surface area contributed by atoms with Crippen LogP contribution in [0.1, 0.15) is 78.1 Å². The fourth-order valence-corrected chi connectivity index (χ4v) is 5.85. The predicted octanol–water partition coefficient (Wildman–Crippen LogP) is 6.08. The van der Waals surface area contributed by atoms with Crippen LogP contribution in [0, 0.1) is 0 Å². The molecule has 0 fully saturated rings. The van der Waals surface area contributed by atoms with Crippen molar-refractivity contribution in [2.24, 2.45) is 0 Å². The van der Waals surface area contributed by atoms with E-state index >= 15 is 0 Å². The molecule has 1 N–H and O–H groups in total. The second kappa shape index (κ2) is 9.91. The normalized spacial score (nSPS) is 14.4. The molecular formula is C14H33OPS2. The molecule has 0 saturated carbocycles. The van der Waals surface area contributed by atoms with Gasteiger partial charge in [0.25, 0.3) is 0 Å². The van der Waals surface area contributed by atoms with Crippen molar-refractivity contribution in [2.45, 2.75) is 78.1 Å². The van der Waals surface area contributed by atoms with Crippen molar-refractivity contribution in [1.29, 1.82) is 0 Å². The van der Waals surface area contributed by atoms with Gasteiger partial charge in [0.15, 0.2) is 0 Å². The van der Waals surface area contributed by atoms with Crippen LogP contribution in [0.5, 0.6) is 0 Å². The van der Waals surface area contributed by atoms with E-state index in [1.807, 2.05) is 0 Å². The summed E-state index contributed by atoms with van der Waals surface area (Å²) >= 11 is 9.09. The molecule has 0 unspecified atom stereocenters. The molecule has 0 aliphatic rings. The molecule has 0 aliphatic heterocycles. The summed E-state index contributed by atoms with van der Waals surface area (Å²) in [6.45, 7) is 4.44. The minimum absolute atomic E-state index is 0.815. The summed E-state index contributed by atoms with van der Waals surface area (Å²) in [6, 6.07) is 0. The molecule has 0 radical (unpaired) electrons. The Morgan fingerprint density at radius 3 is 1.33 bits per heavy atom. The number of hydrogen-bond acceptors (Lipinski definition) is 3. The molecule has 0 heterocycles. The van der Waals surface area contributed by atoms with Gasteiger partial charge in [-0.1, -0.05) is 0 Å². The van der Waals surface area contributed by atoms with Crippen molar-refractivity contribution < 1.29 is 4.89 Å². The van der Waals surface area contributed by atoms with E-state index in [0.717, 1.165) is 25.2 Å². The average Bonchev–Trinajstić information content (AvgIpc) is 2.28. The molecule has 1 nitrogen and oxygen atoms in total. The van der Waals surface area contributed by atoms with Crippen molar-refractivity contribution in [3.05, 3.63) is 0 Å². The summed E-state index contributed by atoms with van der Waals surface area (Å²) in [5.74, 6) is 0. The first-order chi connectivity index (χ1) is 8.39. The Morgan fingerprint density at radius 1 is 0.667 bits per heavy atom. The van der Waals surface area contributed by atoms with Gasteiger partial charge in [-0.15, -0.1) is 0 Å². The number of rotatable bonds is 12. The van der Waals surface area contributed by atoms with Gasteiger partial charge in [0.05, 0.1) is 0 Å². The minimum atomic E-state index is -2.90. The van der Waals surface area contributed by atoms with E-state index in [1.54, 1.807) is 0 Å². The van der Waals surface area contributed by atoms with Crippen molar-refractivity contribution in [3.8, 4) is 0 Å². The van der Waals surface area contributed by atoms with Crippen molar-refractivity contribution >= 4 is 29.7 Å². The fraction of sp³-hybridized carbons (Fsp3) is 1.00. The van der Waals surface area contributed by atoms with Crippen molar-refractivity contribution in [2.75, 3.05) is 12.3 Å². The molecule has 0 aromatic rings. The first kappa shape index (κ1) is 19.1. The molecule has 0 atom stereocenters. The second-order valence-electron chi connectivity index (χ2n) is 5.62. The summed E-state index contributed by atoms with van der Waals surface area (Å²) in [4.78, 5) is 10.6. The number of unbranched alkanes of at least 4 members (excludes halogenated alkanes) is 8. The van der Waals surface area contributed by atoms with Crippen LogP contribution in [0.15, 0.2) is 0 Å². The first-order valence-corrected chi connectivity index (χ1v) is 12.5. The first-order valence-electron chi connectivity index (χ1n) is 7.65. The van der Waals surface area contributed by atoms with Gasteiger partial charge in [-0.3, -0.25) is 0 Å². The van der Waals surface area contributed by atoms with E-state index in [0.29, 0.717) is 0 Å². The monoisotopic (exact) mass is 312 g/mol. The summed E-state index contributed by atoms with van der Waals surface area (Å²) in [5.41, 5.74) is 0. The van der Waals surface area contributed by atoms with Crippen molar-refractivity contribution in [3.63, 3.8) is 0 Å². The number of hydrogen-bond donors (Lipinski definition) is 3. The van der Waals surface area contributed by atoms with Gasteiger partial charge in [0.1, 0.15) is 0 Å². The molecule has 0 bridgehead atoms. The Hall–Kier alpha value is 1.09. The van der Waals surface area contributed by atoms with E-state index in [9.17, 15) is 4.89 Å². The summed E-state index contributed by atoms with van der Waals surface area (Å²) in [6.07, 6.45) is 13.9. The molecule has 0 spiro atoms. The molecule has 4 heteroatoms. The quantitative estimate of drug-likeness (QED) is 0.227. The summed E-state index contributed by atoms with van der Waals surface area (Å²) < 4.78 is 0. The van der Waals surface area contributed by atoms with Crippen LogP contribution in [0.2, 0.25) is 0 Å². The average molecular weight is 313 g/mol. The molecule has 0 aromatic heterocycles. The summed E-state index contributed by atoms with van der Waals surface area (Å²) in [5, 5.41) is -2.90. The summed E-state index contributed by atoms with van der Waals surface area (Å²) in [7, 11) is 0. The Bertz CT molecular complexity index is 184. The molecule has 112 valence electrons. The van der Waals surface area contributed by atoms with Gasteiger partial charge in [-0.2, -0.15) is 0 Å². The van der Waals surface area contributed by atoms with E-state index in [-0.39, 0.29) is 0 Å². The maximum absolute atomic E-state index is 10.6. The molecule has 0 aliphatic carbocycles. The predicted molar refractivity (Wildman–Crippen MR) is 94.4 cm³/mol. The fourth-order valence-electron chi connectivity index (χ4n) is 2.19. The van der Waals surface area contributed by atoms with E-state index in [4.69, 9.17) is 0 Å². The Morgan fingerprint density at radius 2 is 1.00 bits per heavy atom. The molecule has 0 saturated heterocycles. The van der Waals surface area contributed by atoms with Crippen LogP contribution in [0.4, 0.5) is 0 Å². The van der Waals surface area contributed by atoms with E-state index in [1.165, 1.54) is 51.4 Å². The molecule has 0 amide bonds. The zero-order chi connectivity index (χ0) is 13.9. The zero-order valence-electron chi connectivity index (χ0n) is 12.3. The van der Waals surface area contributed by atoms with Gasteiger partial charge in [-0.25, -0.2) is 0 Å². The van der Waals surface area contributed by atoms with Gasteiger partial charge < -0.3 is 0 Å². The van der Waals surface area contributed by atoms with Gasteiger partial charge >= 0.3 is 125 Å². The third kappa shape index (κ3) is 12.1. The van der Waals surface area contributed by atoms with Crippen LogP contribution in [0.3, 0.4) is 0 Å². The van der Waals surface area contributed by atoms with Gasteiger partial charge in [0.2, 0.25) is 0 Å². The van der Waals surface area contributed by atoms with Gasteiger partial charge in [-0.05, 0) is 0 Å². The molecular weight excluding hydrogens is 279 g/mol. The molecule has 0 aromatic carbocycles. The third-order valence-electron chi connectivity index (χ3n) is 3.44. The maximum atomic E-state index is 10.6. The number of thiol groups is 2. The SMILES string of the molecule is CCCCCCCP(O)(S)(S)CCCCCCC. The van der Waals surface area contributed by atoms with Crippen LogP contribution >= 0.6 is 29.7 Å². The van der Waals surface area contributed by atoms with Crippen LogP contribution in [-0.4, -0.2) is 17.2 Å². The van der Waals surface area contributed by atoms with E-state index in [2.05, 4.69) is 38.3 Å². The topological polar surface area (TPSA) is 20.2 Å². The Kier molecular flexibility index (Phi) is 10.5. The third-order valence-corrected chi connectivity index (χ3v) is 8.30. The Balaban J connectivity index is 3.69. The standard InChI is InChI=1S/C14H33OPS2/c1-3-5-7-9-11-13-16(15,17,18)14-12-10-8-6-4-2/h15,17-18H,3-14H2,1-2H3. The van der Waals surface area contributed by atoms with Crippen LogP contribution in [0.25, 0.3) is 0 Å². The van der Waals surface area contributed by atoms with Crippen molar-refractivity contribution in [1.82, 2.24) is 0 Å². The zero-order valence-corrected chi connectivity index (χ0v) is 15.0.